The van der Waals surface area contributed by atoms with Crippen molar-refractivity contribution in [2.45, 2.75) is 33.9 Å². The maximum Gasteiger partial charge on any atom is 0.276 e. The lowest BCUT2D eigenvalue weighted by Gasteiger charge is -2.10. The van der Waals surface area contributed by atoms with E-state index >= 15 is 0 Å². The number of halogens is 5. The van der Waals surface area contributed by atoms with Crippen LogP contribution in [-0.4, -0.2) is 25.5 Å². The van der Waals surface area contributed by atoms with E-state index in [9.17, 15) is 26.7 Å². The highest BCUT2D eigenvalue weighted by Crippen LogP contribution is 2.26. The molecule has 2 aromatic heterocycles. The third kappa shape index (κ3) is 3.59. The molecule has 29 heavy (non-hydrogen) atoms. The number of carbonyl (C=O) groups excluding carboxylic acids is 1. The molecule has 3 rings (SSSR count). The van der Waals surface area contributed by atoms with Crippen LogP contribution in [0.25, 0.3) is 0 Å². The first-order valence-electron chi connectivity index (χ1n) is 8.54. The first-order chi connectivity index (χ1) is 13.6. The number of hydrogen-bond acceptors (Lipinski definition) is 3. The summed E-state index contributed by atoms with van der Waals surface area (Å²) in [7, 11) is 0. The second kappa shape index (κ2) is 7.64. The summed E-state index contributed by atoms with van der Waals surface area (Å²) in [6.45, 7) is 4.74. The van der Waals surface area contributed by atoms with Gasteiger partial charge in [-0.15, -0.1) is 0 Å². The molecule has 3 aromatic rings. The Labute approximate surface area is 161 Å². The molecular formula is C18H16F5N5O. The van der Waals surface area contributed by atoms with Gasteiger partial charge in [0.1, 0.15) is 0 Å². The lowest BCUT2D eigenvalue weighted by Crippen LogP contribution is -2.15. The van der Waals surface area contributed by atoms with Crippen molar-refractivity contribution in [2.24, 2.45) is 0 Å². The number of benzene rings is 1. The molecule has 6 nitrogen and oxygen atoms in total. The number of aryl methyl sites for hydroxylation is 2. The Morgan fingerprint density at radius 2 is 1.59 bits per heavy atom. The largest absolute Gasteiger partial charge is 0.317 e. The van der Waals surface area contributed by atoms with Crippen molar-refractivity contribution in [3.63, 3.8) is 0 Å². The van der Waals surface area contributed by atoms with Gasteiger partial charge in [0.2, 0.25) is 5.82 Å². The first kappa shape index (κ1) is 20.5. The van der Waals surface area contributed by atoms with E-state index < -0.39 is 47.1 Å². The van der Waals surface area contributed by atoms with Gasteiger partial charge in [0.05, 0.1) is 29.2 Å². The molecule has 0 fully saturated rings. The summed E-state index contributed by atoms with van der Waals surface area (Å²) >= 11 is 0. The molecule has 0 atom stereocenters. The monoisotopic (exact) mass is 413 g/mol. The van der Waals surface area contributed by atoms with Gasteiger partial charge in [0, 0.05) is 12.7 Å². The molecule has 1 amide bonds. The minimum atomic E-state index is -2.23. The lowest BCUT2D eigenvalue weighted by molar-refractivity contribution is 0.102. The Bertz CT molecular complexity index is 1080. The van der Waals surface area contributed by atoms with E-state index in [1.165, 1.54) is 19.9 Å². The molecule has 1 aromatic carbocycles. The van der Waals surface area contributed by atoms with Crippen LogP contribution in [0.4, 0.5) is 27.6 Å². The molecule has 0 saturated carbocycles. The number of hydrogen-bond donors (Lipinski definition) is 1. The van der Waals surface area contributed by atoms with Gasteiger partial charge in [-0.25, -0.2) is 22.0 Å². The molecule has 0 radical (unpaired) electrons. The Kier molecular flexibility index (Phi) is 5.40. The minimum Gasteiger partial charge on any atom is -0.317 e. The Hall–Kier alpha value is -3.24. The molecule has 11 heteroatoms. The standard InChI is InChI=1S/C18H16F5N5O/c1-4-27-6-5-11(26-27)18(29)24-17-8(2)25-28(9(17)3)7-10-12(19)14(21)16(23)15(22)13(10)20/h5-6H,4,7H2,1-3H3,(H,24,29). The highest BCUT2D eigenvalue weighted by Gasteiger charge is 2.27. The number of nitrogens with zero attached hydrogens (tertiary/aromatic N) is 4. The van der Waals surface area contributed by atoms with Crippen LogP contribution in [-0.2, 0) is 13.1 Å². The van der Waals surface area contributed by atoms with E-state index in [0.29, 0.717) is 12.2 Å². The van der Waals surface area contributed by atoms with Crippen molar-refractivity contribution in [1.29, 1.82) is 0 Å². The average Bonchev–Trinajstić information content (AvgIpc) is 3.28. The molecule has 0 bridgehead atoms. The maximum absolute atomic E-state index is 14.0. The van der Waals surface area contributed by atoms with Gasteiger partial charge in [-0.3, -0.25) is 14.2 Å². The molecule has 0 aliphatic heterocycles. The van der Waals surface area contributed by atoms with Gasteiger partial charge in [-0.1, -0.05) is 0 Å². The van der Waals surface area contributed by atoms with Crippen LogP contribution >= 0.6 is 0 Å². The Balaban J connectivity index is 1.92. The van der Waals surface area contributed by atoms with Crippen molar-refractivity contribution in [3.8, 4) is 0 Å². The van der Waals surface area contributed by atoms with Gasteiger partial charge >= 0.3 is 0 Å². The summed E-state index contributed by atoms with van der Waals surface area (Å²) in [5, 5.41) is 10.7. The maximum atomic E-state index is 14.0. The van der Waals surface area contributed by atoms with Crippen LogP contribution in [0.15, 0.2) is 12.3 Å². The minimum absolute atomic E-state index is 0.151. The average molecular weight is 413 g/mol. The molecule has 0 aliphatic carbocycles. The van der Waals surface area contributed by atoms with E-state index in [2.05, 4.69) is 15.5 Å². The van der Waals surface area contributed by atoms with Gasteiger partial charge in [0.25, 0.3) is 5.91 Å². The van der Waals surface area contributed by atoms with E-state index in [0.717, 1.165) is 4.68 Å². The summed E-state index contributed by atoms with van der Waals surface area (Å²) in [6, 6.07) is 1.52. The third-order valence-corrected chi connectivity index (χ3v) is 4.43. The van der Waals surface area contributed by atoms with Crippen molar-refractivity contribution < 1.29 is 26.7 Å². The van der Waals surface area contributed by atoms with E-state index in [4.69, 9.17) is 0 Å². The smallest absolute Gasteiger partial charge is 0.276 e. The lowest BCUT2D eigenvalue weighted by atomic mass is 10.1. The molecule has 1 N–H and O–H groups in total. The molecule has 0 spiro atoms. The highest BCUT2D eigenvalue weighted by molar-refractivity contribution is 6.03. The summed E-state index contributed by atoms with van der Waals surface area (Å²) < 4.78 is 70.6. The normalized spacial score (nSPS) is 11.2. The predicted octanol–water partition coefficient (Wildman–Crippen LogP) is 3.71. The fourth-order valence-electron chi connectivity index (χ4n) is 2.81. The number of carbonyl (C=O) groups is 1. The Morgan fingerprint density at radius 1 is 1.00 bits per heavy atom. The fraction of sp³-hybridized carbons (Fsp3) is 0.278. The van der Waals surface area contributed by atoms with Gasteiger partial charge < -0.3 is 5.32 Å². The van der Waals surface area contributed by atoms with E-state index in [-0.39, 0.29) is 17.1 Å². The highest BCUT2D eigenvalue weighted by atomic mass is 19.2. The van der Waals surface area contributed by atoms with Crippen LogP contribution in [0.1, 0.15) is 34.4 Å². The molecular weight excluding hydrogens is 397 g/mol. The van der Waals surface area contributed by atoms with Crippen molar-refractivity contribution >= 4 is 11.6 Å². The number of aromatic nitrogens is 4. The van der Waals surface area contributed by atoms with E-state index in [1.807, 2.05) is 6.92 Å². The van der Waals surface area contributed by atoms with Crippen LogP contribution in [0.5, 0.6) is 0 Å². The van der Waals surface area contributed by atoms with Crippen molar-refractivity contribution in [1.82, 2.24) is 19.6 Å². The number of nitrogens with one attached hydrogen (secondary N) is 1. The summed E-state index contributed by atoms with van der Waals surface area (Å²) in [5.41, 5.74) is -0.0426. The molecule has 2 heterocycles. The van der Waals surface area contributed by atoms with Crippen molar-refractivity contribution in [2.75, 3.05) is 5.32 Å². The number of anilines is 1. The predicted molar refractivity (Wildman–Crippen MR) is 92.9 cm³/mol. The van der Waals surface area contributed by atoms with Crippen LogP contribution < -0.4 is 5.32 Å². The zero-order valence-corrected chi connectivity index (χ0v) is 15.7. The van der Waals surface area contributed by atoms with E-state index in [1.54, 1.807) is 10.9 Å². The molecule has 154 valence electrons. The summed E-state index contributed by atoms with van der Waals surface area (Å²) in [5.74, 6) is -10.7. The second-order valence-electron chi connectivity index (χ2n) is 6.26. The van der Waals surface area contributed by atoms with Gasteiger partial charge in [-0.05, 0) is 26.8 Å². The van der Waals surface area contributed by atoms with Gasteiger partial charge in [0.15, 0.2) is 29.0 Å². The zero-order chi connectivity index (χ0) is 21.5. The second-order valence-corrected chi connectivity index (χ2v) is 6.26. The summed E-state index contributed by atoms with van der Waals surface area (Å²) in [4.78, 5) is 12.4. The summed E-state index contributed by atoms with van der Waals surface area (Å²) in [6.07, 6.45) is 1.63. The zero-order valence-electron chi connectivity index (χ0n) is 15.7. The topological polar surface area (TPSA) is 64.7 Å². The first-order valence-corrected chi connectivity index (χ1v) is 8.54. The third-order valence-electron chi connectivity index (χ3n) is 4.43. The van der Waals surface area contributed by atoms with Crippen LogP contribution in [0.2, 0.25) is 0 Å². The number of rotatable bonds is 5. The van der Waals surface area contributed by atoms with Crippen LogP contribution in [0.3, 0.4) is 0 Å². The fourth-order valence-corrected chi connectivity index (χ4v) is 2.81. The van der Waals surface area contributed by atoms with Crippen molar-refractivity contribution in [3.05, 3.63) is 64.0 Å². The molecule has 0 unspecified atom stereocenters. The van der Waals surface area contributed by atoms with Crippen LogP contribution in [0, 0.1) is 42.9 Å². The SMILES string of the molecule is CCn1ccc(C(=O)Nc2c(C)nn(Cc3c(F)c(F)c(F)c(F)c3F)c2C)n1. The molecule has 0 aliphatic rings. The quantitative estimate of drug-likeness (QED) is 0.394. The van der Waals surface area contributed by atoms with Gasteiger partial charge in [-0.2, -0.15) is 10.2 Å². The molecule has 0 saturated heterocycles. The Morgan fingerprint density at radius 3 is 2.14 bits per heavy atom. The number of amides is 1.